The second kappa shape index (κ2) is 6.82. The Kier molecular flexibility index (Phi) is 5.13. The summed E-state index contributed by atoms with van der Waals surface area (Å²) < 4.78 is 6.03. The number of carbonyl (C=O) groups is 4. The summed E-state index contributed by atoms with van der Waals surface area (Å²) >= 11 is 0. The average molecular weight is 439 g/mol. The number of nitrogens with zero attached hydrogens (tertiary/aromatic N) is 3. The summed E-state index contributed by atoms with van der Waals surface area (Å²) in [6.45, 7) is 12.3. The van der Waals surface area contributed by atoms with Crippen LogP contribution in [0.2, 0.25) is 0 Å². The van der Waals surface area contributed by atoms with Gasteiger partial charge >= 0.3 is 6.09 Å². The van der Waals surface area contributed by atoms with Gasteiger partial charge in [-0.05, 0) is 46.0 Å². The lowest BCUT2D eigenvalue weighted by atomic mass is 9.67. The fourth-order valence-corrected chi connectivity index (χ4v) is 6.25. The molecule has 0 bridgehead atoms. The van der Waals surface area contributed by atoms with E-state index in [0.717, 1.165) is 4.90 Å². The SMILES string of the molecule is CC1N(CC(N)=O)C(=O)C12CCCN2C(=O)[C@]1(C(C)(C)C)[C@@H](C)OC(C)(C)N1C(=O)O. The van der Waals surface area contributed by atoms with Crippen LogP contribution in [0.5, 0.6) is 0 Å². The van der Waals surface area contributed by atoms with Crippen molar-refractivity contribution in [2.45, 2.75) is 90.3 Å². The Hall–Kier alpha value is -2.36. The summed E-state index contributed by atoms with van der Waals surface area (Å²) in [5.74, 6) is -1.37. The number of carboxylic acid groups (broad SMARTS) is 1. The number of hydrogen-bond donors (Lipinski definition) is 2. The number of hydrogen-bond acceptors (Lipinski definition) is 5. The third-order valence-corrected chi connectivity index (χ3v) is 7.39. The predicted octanol–water partition coefficient (Wildman–Crippen LogP) is 0.983. The van der Waals surface area contributed by atoms with Gasteiger partial charge in [-0.2, -0.15) is 0 Å². The second-order valence-corrected chi connectivity index (χ2v) is 10.4. The Morgan fingerprint density at radius 2 is 1.81 bits per heavy atom. The molecule has 3 fully saturated rings. The molecular formula is C21H34N4O6. The van der Waals surface area contributed by atoms with Crippen LogP contribution in [0.3, 0.4) is 0 Å². The molecular weight excluding hydrogens is 404 g/mol. The van der Waals surface area contributed by atoms with E-state index in [1.54, 1.807) is 32.6 Å². The summed E-state index contributed by atoms with van der Waals surface area (Å²) in [5, 5.41) is 10.2. The second-order valence-electron chi connectivity index (χ2n) is 10.4. The average Bonchev–Trinajstić information content (AvgIpc) is 3.16. The van der Waals surface area contributed by atoms with Crippen LogP contribution < -0.4 is 5.73 Å². The van der Waals surface area contributed by atoms with Gasteiger partial charge in [0.25, 0.3) is 11.8 Å². The lowest BCUT2D eigenvalue weighted by molar-refractivity contribution is -0.184. The fourth-order valence-electron chi connectivity index (χ4n) is 6.25. The molecule has 0 radical (unpaired) electrons. The summed E-state index contributed by atoms with van der Waals surface area (Å²) in [4.78, 5) is 55.4. The molecule has 4 atom stereocenters. The largest absolute Gasteiger partial charge is 0.465 e. The molecule has 10 heteroatoms. The topological polar surface area (TPSA) is 133 Å². The van der Waals surface area contributed by atoms with Crippen LogP contribution in [0.1, 0.15) is 61.3 Å². The first-order valence-electron chi connectivity index (χ1n) is 10.7. The maximum atomic E-state index is 14.3. The van der Waals surface area contributed by atoms with Gasteiger partial charge in [-0.1, -0.05) is 20.8 Å². The van der Waals surface area contributed by atoms with E-state index in [1.807, 2.05) is 20.8 Å². The number of ether oxygens (including phenoxy) is 1. The third-order valence-electron chi connectivity index (χ3n) is 7.39. The standard InChI is InChI=1S/C21H34N4O6/c1-12-20(15(27)23(12)11-14(22)26)9-8-10-24(20)16(28)21(18(3,4)5)13(2)31-19(6,7)25(21)17(29)30/h12-13H,8-11H2,1-7H3,(H2,22,26)(H,29,30)/t12?,13-,20?,21+/m1/s1. The van der Waals surface area contributed by atoms with Crippen molar-refractivity contribution in [3.05, 3.63) is 0 Å². The molecule has 31 heavy (non-hydrogen) atoms. The molecule has 174 valence electrons. The van der Waals surface area contributed by atoms with Crippen LogP contribution in [-0.4, -0.2) is 85.7 Å². The van der Waals surface area contributed by atoms with E-state index in [0.29, 0.717) is 19.4 Å². The zero-order valence-corrected chi connectivity index (χ0v) is 19.4. The van der Waals surface area contributed by atoms with Gasteiger partial charge in [0.15, 0.2) is 5.54 Å². The maximum absolute atomic E-state index is 14.3. The zero-order chi connectivity index (χ0) is 23.7. The fraction of sp³-hybridized carbons (Fsp3) is 0.810. The molecule has 3 aliphatic heterocycles. The Morgan fingerprint density at radius 3 is 2.26 bits per heavy atom. The molecule has 3 heterocycles. The van der Waals surface area contributed by atoms with Crippen LogP contribution in [0.4, 0.5) is 4.79 Å². The normalized spacial score (nSPS) is 34.9. The van der Waals surface area contributed by atoms with Crippen LogP contribution in [-0.2, 0) is 19.1 Å². The molecule has 3 N–H and O–H groups in total. The number of rotatable bonds is 3. The van der Waals surface area contributed by atoms with Crippen LogP contribution >= 0.6 is 0 Å². The molecule has 0 aliphatic carbocycles. The van der Waals surface area contributed by atoms with Crippen molar-refractivity contribution >= 4 is 23.8 Å². The van der Waals surface area contributed by atoms with Crippen molar-refractivity contribution < 1.29 is 29.0 Å². The number of nitrogens with two attached hydrogens (primary N) is 1. The minimum atomic E-state index is -1.54. The summed E-state index contributed by atoms with van der Waals surface area (Å²) in [6, 6.07) is -0.403. The van der Waals surface area contributed by atoms with E-state index in [1.165, 1.54) is 4.90 Å². The first-order chi connectivity index (χ1) is 14.1. The minimum absolute atomic E-state index is 0.206. The predicted molar refractivity (Wildman–Crippen MR) is 111 cm³/mol. The van der Waals surface area contributed by atoms with Gasteiger partial charge in [0.2, 0.25) is 5.91 Å². The van der Waals surface area contributed by atoms with Gasteiger partial charge in [0, 0.05) is 6.54 Å². The highest BCUT2D eigenvalue weighted by atomic mass is 16.6. The highest BCUT2D eigenvalue weighted by Gasteiger charge is 2.73. The lowest BCUT2D eigenvalue weighted by Gasteiger charge is -2.59. The highest BCUT2D eigenvalue weighted by molar-refractivity contribution is 6.03. The molecule has 3 aliphatic rings. The van der Waals surface area contributed by atoms with E-state index in [4.69, 9.17) is 10.5 Å². The van der Waals surface area contributed by atoms with Gasteiger partial charge in [0.1, 0.15) is 11.3 Å². The maximum Gasteiger partial charge on any atom is 0.410 e. The molecule has 0 aromatic rings. The van der Waals surface area contributed by atoms with Gasteiger partial charge < -0.3 is 25.4 Å². The number of amides is 4. The zero-order valence-electron chi connectivity index (χ0n) is 19.4. The summed E-state index contributed by atoms with van der Waals surface area (Å²) in [7, 11) is 0. The molecule has 4 amide bonds. The molecule has 3 rings (SSSR count). The van der Waals surface area contributed by atoms with E-state index in [9.17, 15) is 24.3 Å². The van der Waals surface area contributed by atoms with Crippen LogP contribution in [0, 0.1) is 5.41 Å². The van der Waals surface area contributed by atoms with Crippen molar-refractivity contribution in [2.24, 2.45) is 11.1 Å². The van der Waals surface area contributed by atoms with Crippen molar-refractivity contribution in [3.8, 4) is 0 Å². The lowest BCUT2D eigenvalue weighted by Crippen LogP contribution is -2.81. The van der Waals surface area contributed by atoms with Crippen molar-refractivity contribution in [3.63, 3.8) is 0 Å². The number of β-lactam (4-membered cyclic amide) rings is 1. The third kappa shape index (κ3) is 2.79. The van der Waals surface area contributed by atoms with Gasteiger partial charge in [0.05, 0.1) is 18.7 Å². The molecule has 0 saturated carbocycles. The number of likely N-dealkylation sites (tertiary alicyclic amines) is 2. The quantitative estimate of drug-likeness (QED) is 0.631. The van der Waals surface area contributed by atoms with E-state index in [2.05, 4.69) is 0 Å². The van der Waals surface area contributed by atoms with Gasteiger partial charge in [-0.25, -0.2) is 4.79 Å². The van der Waals surface area contributed by atoms with Crippen molar-refractivity contribution in [1.82, 2.24) is 14.7 Å². The first kappa shape index (κ1) is 23.3. The first-order valence-corrected chi connectivity index (χ1v) is 10.7. The van der Waals surface area contributed by atoms with E-state index >= 15 is 0 Å². The molecule has 1 spiro atoms. The van der Waals surface area contributed by atoms with Crippen molar-refractivity contribution in [1.29, 1.82) is 0 Å². The van der Waals surface area contributed by atoms with Crippen LogP contribution in [0.25, 0.3) is 0 Å². The van der Waals surface area contributed by atoms with Gasteiger partial charge in [-0.3, -0.25) is 19.3 Å². The highest BCUT2D eigenvalue weighted by Crippen LogP contribution is 2.53. The molecule has 10 nitrogen and oxygen atoms in total. The molecule has 3 saturated heterocycles. The smallest absolute Gasteiger partial charge is 0.410 e. The summed E-state index contributed by atoms with van der Waals surface area (Å²) in [6.07, 6.45) is -0.928. The van der Waals surface area contributed by atoms with Crippen molar-refractivity contribution in [2.75, 3.05) is 13.1 Å². The number of primary amides is 1. The Labute approximate surface area is 182 Å². The van der Waals surface area contributed by atoms with E-state index in [-0.39, 0.29) is 12.5 Å². The van der Waals surface area contributed by atoms with E-state index < -0.39 is 52.3 Å². The summed E-state index contributed by atoms with van der Waals surface area (Å²) in [5.41, 5.74) is 0.592. The molecule has 2 unspecified atom stereocenters. The monoisotopic (exact) mass is 438 g/mol. The Bertz CT molecular complexity index is 836. The molecule has 0 aromatic carbocycles. The Morgan fingerprint density at radius 1 is 1.23 bits per heavy atom. The van der Waals surface area contributed by atoms with Crippen LogP contribution in [0.15, 0.2) is 0 Å². The minimum Gasteiger partial charge on any atom is -0.465 e. The Balaban J connectivity index is 2.11. The number of carbonyl (C=O) groups excluding carboxylic acids is 3. The molecule has 0 aromatic heterocycles. The van der Waals surface area contributed by atoms with Gasteiger partial charge in [-0.15, -0.1) is 0 Å².